The lowest BCUT2D eigenvalue weighted by Crippen LogP contribution is -2.38. The van der Waals surface area contributed by atoms with Gasteiger partial charge in [-0.1, -0.05) is 0 Å². The molecule has 1 unspecified atom stereocenters. The molecule has 0 bridgehead atoms. The second-order valence-corrected chi connectivity index (χ2v) is 5.77. The molecule has 1 aliphatic rings. The number of rotatable bonds is 1. The summed E-state index contributed by atoms with van der Waals surface area (Å²) in [7, 11) is 0. The van der Waals surface area contributed by atoms with E-state index in [1.807, 2.05) is 6.20 Å². The van der Waals surface area contributed by atoms with Gasteiger partial charge in [-0.25, -0.2) is 4.98 Å². The number of hydrogen-bond acceptors (Lipinski definition) is 2. The Morgan fingerprint density at radius 1 is 1.40 bits per heavy atom. The summed E-state index contributed by atoms with van der Waals surface area (Å²) in [6.45, 7) is 3.39. The lowest BCUT2D eigenvalue weighted by atomic mass is 10.0. The molecule has 15 heavy (non-hydrogen) atoms. The Labute approximate surface area is 107 Å². The largest absolute Gasteiger partial charge is 0.353 e. The van der Waals surface area contributed by atoms with E-state index in [2.05, 4.69) is 54.7 Å². The van der Waals surface area contributed by atoms with Gasteiger partial charge in [0.05, 0.1) is 4.47 Å². The summed E-state index contributed by atoms with van der Waals surface area (Å²) in [5.74, 6) is 1.07. The Kier molecular flexibility index (Phi) is 3.67. The van der Waals surface area contributed by atoms with Crippen LogP contribution in [0.4, 0.5) is 5.82 Å². The molecule has 2 rings (SSSR count). The summed E-state index contributed by atoms with van der Waals surface area (Å²) >= 11 is 7.00. The van der Waals surface area contributed by atoms with E-state index in [-0.39, 0.29) is 0 Å². The van der Waals surface area contributed by atoms with Gasteiger partial charge in [0.15, 0.2) is 0 Å². The average Bonchev–Trinajstić information content (AvgIpc) is 2.20. The molecule has 1 fully saturated rings. The molecule has 1 saturated heterocycles. The molecule has 0 spiro atoms. The molecule has 0 aromatic carbocycles. The molecule has 2 nitrogen and oxygen atoms in total. The quantitative estimate of drug-likeness (QED) is 0.772. The van der Waals surface area contributed by atoms with Crippen LogP contribution in [-0.2, 0) is 0 Å². The Bertz CT molecular complexity index is 354. The van der Waals surface area contributed by atoms with E-state index >= 15 is 0 Å². The monoisotopic (exact) mass is 332 g/mol. The van der Waals surface area contributed by atoms with Crippen molar-refractivity contribution in [3.63, 3.8) is 0 Å². The van der Waals surface area contributed by atoms with Crippen LogP contribution in [0.15, 0.2) is 21.2 Å². The van der Waals surface area contributed by atoms with Crippen molar-refractivity contribution in [3.05, 3.63) is 21.2 Å². The number of pyridine rings is 1. The van der Waals surface area contributed by atoms with E-state index in [0.717, 1.165) is 21.3 Å². The average molecular weight is 334 g/mol. The third-order valence-corrected chi connectivity index (χ3v) is 3.88. The van der Waals surface area contributed by atoms with Gasteiger partial charge in [-0.3, -0.25) is 0 Å². The van der Waals surface area contributed by atoms with E-state index < -0.39 is 0 Å². The SMILES string of the molecule is CC1CCCCN1c1ncc(Br)cc1Br. The van der Waals surface area contributed by atoms with Gasteiger partial charge in [-0.2, -0.15) is 0 Å². The highest BCUT2D eigenvalue weighted by atomic mass is 79.9. The number of aromatic nitrogens is 1. The number of piperidine rings is 1. The van der Waals surface area contributed by atoms with Crippen molar-refractivity contribution in [2.45, 2.75) is 32.2 Å². The summed E-state index contributed by atoms with van der Waals surface area (Å²) < 4.78 is 2.09. The van der Waals surface area contributed by atoms with Crippen molar-refractivity contribution < 1.29 is 0 Å². The fraction of sp³-hybridized carbons (Fsp3) is 0.545. The molecule has 1 aromatic heterocycles. The first-order valence-electron chi connectivity index (χ1n) is 5.26. The van der Waals surface area contributed by atoms with Gasteiger partial charge in [0, 0.05) is 23.3 Å². The minimum Gasteiger partial charge on any atom is -0.353 e. The number of anilines is 1. The van der Waals surface area contributed by atoms with Gasteiger partial charge in [0.2, 0.25) is 0 Å². The lowest BCUT2D eigenvalue weighted by Gasteiger charge is -2.34. The van der Waals surface area contributed by atoms with Gasteiger partial charge in [-0.15, -0.1) is 0 Å². The first-order valence-corrected chi connectivity index (χ1v) is 6.85. The molecule has 4 heteroatoms. The molecule has 1 aliphatic heterocycles. The maximum absolute atomic E-state index is 4.48. The zero-order valence-corrected chi connectivity index (χ0v) is 11.9. The van der Waals surface area contributed by atoms with Crippen LogP contribution in [0.25, 0.3) is 0 Å². The van der Waals surface area contributed by atoms with E-state index in [1.54, 1.807) is 0 Å². The standard InChI is InChI=1S/C11H14Br2N2/c1-8-4-2-3-5-15(8)11-10(13)6-9(12)7-14-11/h6-8H,2-5H2,1H3. The van der Waals surface area contributed by atoms with E-state index in [0.29, 0.717) is 6.04 Å². The third kappa shape index (κ3) is 2.53. The zero-order valence-electron chi connectivity index (χ0n) is 8.71. The van der Waals surface area contributed by atoms with Crippen molar-refractivity contribution in [1.82, 2.24) is 4.98 Å². The minimum atomic E-state index is 0.601. The third-order valence-electron chi connectivity index (χ3n) is 2.86. The molecule has 0 N–H and O–H groups in total. The molecule has 0 radical (unpaired) electrons. The topological polar surface area (TPSA) is 16.1 Å². The van der Waals surface area contributed by atoms with Crippen molar-refractivity contribution in [2.24, 2.45) is 0 Å². The normalized spacial score (nSPS) is 21.8. The Morgan fingerprint density at radius 2 is 2.20 bits per heavy atom. The Hall–Kier alpha value is -0.0900. The summed E-state index contributed by atoms with van der Waals surface area (Å²) in [6, 6.07) is 2.66. The lowest BCUT2D eigenvalue weighted by molar-refractivity contribution is 0.480. The molecule has 1 atom stereocenters. The van der Waals surface area contributed by atoms with Crippen molar-refractivity contribution in [1.29, 1.82) is 0 Å². The minimum absolute atomic E-state index is 0.601. The van der Waals surface area contributed by atoms with Crippen LogP contribution < -0.4 is 4.90 Å². The highest BCUT2D eigenvalue weighted by Crippen LogP contribution is 2.30. The Morgan fingerprint density at radius 3 is 2.87 bits per heavy atom. The second kappa shape index (κ2) is 4.83. The van der Waals surface area contributed by atoms with Gasteiger partial charge in [0.25, 0.3) is 0 Å². The van der Waals surface area contributed by atoms with Crippen LogP contribution in [0.3, 0.4) is 0 Å². The number of halogens is 2. The molecule has 2 heterocycles. The van der Waals surface area contributed by atoms with Crippen molar-refractivity contribution in [3.8, 4) is 0 Å². The maximum atomic E-state index is 4.48. The van der Waals surface area contributed by atoms with Crippen LogP contribution in [0.1, 0.15) is 26.2 Å². The molecule has 0 aliphatic carbocycles. The van der Waals surface area contributed by atoms with Gasteiger partial charge in [0.1, 0.15) is 5.82 Å². The fourth-order valence-electron chi connectivity index (χ4n) is 2.03. The highest BCUT2D eigenvalue weighted by molar-refractivity contribution is 9.11. The van der Waals surface area contributed by atoms with E-state index in [4.69, 9.17) is 0 Å². The fourth-order valence-corrected chi connectivity index (χ4v) is 3.25. The molecule has 0 amide bonds. The van der Waals surface area contributed by atoms with Crippen molar-refractivity contribution in [2.75, 3.05) is 11.4 Å². The molecule has 82 valence electrons. The smallest absolute Gasteiger partial charge is 0.143 e. The van der Waals surface area contributed by atoms with Crippen LogP contribution in [-0.4, -0.2) is 17.6 Å². The Balaban J connectivity index is 2.27. The molecule has 1 aromatic rings. The second-order valence-electron chi connectivity index (χ2n) is 4.00. The first-order chi connectivity index (χ1) is 7.18. The number of hydrogen-bond donors (Lipinski definition) is 0. The molecule has 0 saturated carbocycles. The predicted octanol–water partition coefficient (Wildman–Crippen LogP) is 3.99. The highest BCUT2D eigenvalue weighted by Gasteiger charge is 2.21. The van der Waals surface area contributed by atoms with E-state index in [9.17, 15) is 0 Å². The van der Waals surface area contributed by atoms with Gasteiger partial charge in [-0.05, 0) is 64.1 Å². The van der Waals surface area contributed by atoms with Crippen LogP contribution >= 0.6 is 31.9 Å². The van der Waals surface area contributed by atoms with Crippen LogP contribution in [0, 0.1) is 0 Å². The van der Waals surface area contributed by atoms with E-state index in [1.165, 1.54) is 19.3 Å². The van der Waals surface area contributed by atoms with Gasteiger partial charge >= 0.3 is 0 Å². The predicted molar refractivity (Wildman–Crippen MR) is 70.3 cm³/mol. The summed E-state index contributed by atoms with van der Waals surface area (Å²) in [5, 5.41) is 0. The maximum Gasteiger partial charge on any atom is 0.143 e. The zero-order chi connectivity index (χ0) is 10.8. The number of nitrogens with zero attached hydrogens (tertiary/aromatic N) is 2. The molecular weight excluding hydrogens is 320 g/mol. The molecular formula is C11H14Br2N2. The summed E-state index contributed by atoms with van der Waals surface area (Å²) in [5.41, 5.74) is 0. The van der Waals surface area contributed by atoms with Crippen LogP contribution in [0.5, 0.6) is 0 Å². The van der Waals surface area contributed by atoms with Gasteiger partial charge < -0.3 is 4.90 Å². The summed E-state index contributed by atoms with van der Waals surface area (Å²) in [6.07, 6.45) is 5.74. The van der Waals surface area contributed by atoms with Crippen molar-refractivity contribution >= 4 is 37.7 Å². The summed E-state index contributed by atoms with van der Waals surface area (Å²) in [4.78, 5) is 6.87. The van der Waals surface area contributed by atoms with Crippen LogP contribution in [0.2, 0.25) is 0 Å². The first kappa shape index (κ1) is 11.4.